The summed E-state index contributed by atoms with van der Waals surface area (Å²) in [6.45, 7) is 1.56. The van der Waals surface area contributed by atoms with E-state index in [1.54, 1.807) is 7.11 Å². The molecule has 1 aromatic carbocycles. The van der Waals surface area contributed by atoms with Crippen LogP contribution in [0.25, 0.3) is 11.3 Å². The fourth-order valence-corrected chi connectivity index (χ4v) is 2.48. The normalized spacial score (nSPS) is 17.0. The number of hydrogen-bond donors (Lipinski definition) is 1. The third-order valence-corrected chi connectivity index (χ3v) is 3.85. The van der Waals surface area contributed by atoms with E-state index in [-0.39, 0.29) is 11.8 Å². The first-order chi connectivity index (χ1) is 11.3. The van der Waals surface area contributed by atoms with Crippen molar-refractivity contribution in [2.45, 2.75) is 13.0 Å². The lowest BCUT2D eigenvalue weighted by Crippen LogP contribution is -2.30. The lowest BCUT2D eigenvalue weighted by molar-refractivity contribution is -0.125. The van der Waals surface area contributed by atoms with Gasteiger partial charge in [-0.25, -0.2) is 9.97 Å². The Bertz CT molecular complexity index is 667. The van der Waals surface area contributed by atoms with E-state index in [4.69, 9.17) is 9.47 Å². The molecule has 1 fully saturated rings. The number of ether oxygens (including phenoxy) is 2. The van der Waals surface area contributed by atoms with E-state index in [2.05, 4.69) is 15.3 Å². The molecule has 1 N–H and O–H groups in total. The second-order valence-electron chi connectivity index (χ2n) is 5.40. The van der Waals surface area contributed by atoms with Crippen LogP contribution in [0.4, 0.5) is 0 Å². The van der Waals surface area contributed by atoms with E-state index in [1.807, 2.05) is 30.3 Å². The molecule has 0 radical (unpaired) electrons. The molecule has 1 atom stereocenters. The minimum atomic E-state index is -0.0436. The molecule has 0 saturated carbocycles. The largest absolute Gasteiger partial charge is 0.497 e. The van der Waals surface area contributed by atoms with Gasteiger partial charge in [-0.2, -0.15) is 0 Å². The summed E-state index contributed by atoms with van der Waals surface area (Å²) in [5.74, 6) is 0.777. The van der Waals surface area contributed by atoms with Crippen molar-refractivity contribution in [1.29, 1.82) is 0 Å². The van der Waals surface area contributed by atoms with Gasteiger partial charge in [-0.1, -0.05) is 0 Å². The molecule has 3 rings (SSSR count). The number of hydrogen-bond acceptors (Lipinski definition) is 5. The second kappa shape index (κ2) is 7.19. The van der Waals surface area contributed by atoms with Crippen LogP contribution in [0, 0.1) is 5.92 Å². The van der Waals surface area contributed by atoms with Gasteiger partial charge >= 0.3 is 0 Å². The van der Waals surface area contributed by atoms with Gasteiger partial charge in [0.2, 0.25) is 5.91 Å². The minimum absolute atomic E-state index is 0.0205. The van der Waals surface area contributed by atoms with E-state index in [1.165, 1.54) is 6.33 Å². The Labute approximate surface area is 134 Å². The van der Waals surface area contributed by atoms with Gasteiger partial charge in [-0.3, -0.25) is 4.79 Å². The van der Waals surface area contributed by atoms with Gasteiger partial charge in [-0.15, -0.1) is 0 Å². The van der Waals surface area contributed by atoms with Crippen molar-refractivity contribution in [3.05, 3.63) is 42.4 Å². The van der Waals surface area contributed by atoms with Crippen LogP contribution in [0.5, 0.6) is 5.75 Å². The SMILES string of the molecule is COc1ccc(-c2cc(CNC(=O)C3CCOC3)ncn2)cc1. The predicted octanol–water partition coefficient (Wildman–Crippen LogP) is 1.80. The number of methoxy groups -OCH3 is 1. The zero-order chi connectivity index (χ0) is 16.1. The number of benzene rings is 1. The van der Waals surface area contributed by atoms with Crippen LogP contribution in [0.2, 0.25) is 0 Å². The van der Waals surface area contributed by atoms with Crippen LogP contribution < -0.4 is 10.1 Å². The van der Waals surface area contributed by atoms with Crippen LogP contribution in [-0.2, 0) is 16.1 Å². The zero-order valence-electron chi connectivity index (χ0n) is 13.0. The molecule has 1 amide bonds. The molecule has 6 nitrogen and oxygen atoms in total. The van der Waals surface area contributed by atoms with E-state index in [0.29, 0.717) is 19.8 Å². The highest BCUT2D eigenvalue weighted by Gasteiger charge is 2.23. The molecule has 0 bridgehead atoms. The Kier molecular flexibility index (Phi) is 4.83. The highest BCUT2D eigenvalue weighted by Crippen LogP contribution is 2.20. The fraction of sp³-hybridized carbons (Fsp3) is 0.353. The number of rotatable bonds is 5. The van der Waals surface area contributed by atoms with E-state index >= 15 is 0 Å². The highest BCUT2D eigenvalue weighted by molar-refractivity contribution is 5.79. The van der Waals surface area contributed by atoms with Crippen molar-refractivity contribution in [2.24, 2.45) is 5.92 Å². The summed E-state index contributed by atoms with van der Waals surface area (Å²) in [7, 11) is 1.63. The molecule has 6 heteroatoms. The van der Waals surface area contributed by atoms with Gasteiger partial charge < -0.3 is 14.8 Å². The maximum absolute atomic E-state index is 12.0. The fourth-order valence-electron chi connectivity index (χ4n) is 2.48. The smallest absolute Gasteiger partial charge is 0.225 e. The lowest BCUT2D eigenvalue weighted by atomic mass is 10.1. The summed E-state index contributed by atoms with van der Waals surface area (Å²) >= 11 is 0. The van der Waals surface area contributed by atoms with E-state index < -0.39 is 0 Å². The number of nitrogens with zero attached hydrogens (tertiary/aromatic N) is 2. The van der Waals surface area contributed by atoms with Crippen LogP contribution in [0.15, 0.2) is 36.7 Å². The molecule has 1 aliphatic heterocycles. The summed E-state index contributed by atoms with van der Waals surface area (Å²) in [6, 6.07) is 9.55. The third-order valence-electron chi connectivity index (χ3n) is 3.85. The molecular weight excluding hydrogens is 294 g/mol. The van der Waals surface area contributed by atoms with Crippen molar-refractivity contribution < 1.29 is 14.3 Å². The van der Waals surface area contributed by atoms with Gasteiger partial charge in [0, 0.05) is 12.2 Å². The summed E-state index contributed by atoms with van der Waals surface area (Å²) in [6.07, 6.45) is 2.30. The van der Waals surface area contributed by atoms with E-state index in [9.17, 15) is 4.79 Å². The Morgan fingerprint density at radius 2 is 2.17 bits per heavy atom. The summed E-state index contributed by atoms with van der Waals surface area (Å²) < 4.78 is 10.4. The third kappa shape index (κ3) is 3.84. The number of carbonyl (C=O) groups excluding carboxylic acids is 1. The van der Waals surface area contributed by atoms with Crippen molar-refractivity contribution >= 4 is 5.91 Å². The average Bonchev–Trinajstić information content (AvgIpc) is 3.15. The standard InChI is InChI=1S/C17H19N3O3/c1-22-15-4-2-12(3-5-15)16-8-14(19-11-20-16)9-18-17(21)13-6-7-23-10-13/h2-5,8,11,13H,6-7,9-10H2,1H3,(H,18,21). The summed E-state index contributed by atoms with van der Waals surface area (Å²) in [5, 5.41) is 2.91. The minimum Gasteiger partial charge on any atom is -0.497 e. The van der Waals surface area contributed by atoms with Gasteiger partial charge in [0.25, 0.3) is 0 Å². The van der Waals surface area contributed by atoms with Gasteiger partial charge in [0.05, 0.1) is 37.6 Å². The molecule has 2 heterocycles. The van der Waals surface area contributed by atoms with Crippen molar-refractivity contribution in [1.82, 2.24) is 15.3 Å². The monoisotopic (exact) mass is 313 g/mol. The molecule has 1 aliphatic rings. The van der Waals surface area contributed by atoms with Crippen LogP contribution in [-0.4, -0.2) is 36.2 Å². The Morgan fingerprint density at radius 1 is 1.35 bits per heavy atom. The molecular formula is C17H19N3O3. The molecule has 23 heavy (non-hydrogen) atoms. The number of aromatic nitrogens is 2. The Morgan fingerprint density at radius 3 is 2.87 bits per heavy atom. The summed E-state index contributed by atoms with van der Waals surface area (Å²) in [5.41, 5.74) is 2.57. The first kappa shape index (κ1) is 15.4. The molecule has 1 unspecified atom stereocenters. The first-order valence-corrected chi connectivity index (χ1v) is 7.57. The summed E-state index contributed by atoms with van der Waals surface area (Å²) in [4.78, 5) is 20.5. The predicted molar refractivity (Wildman–Crippen MR) is 84.8 cm³/mol. The molecule has 0 aliphatic carbocycles. The van der Waals surface area contributed by atoms with Crippen LogP contribution >= 0.6 is 0 Å². The number of amides is 1. The molecule has 1 aromatic heterocycles. The molecule has 2 aromatic rings. The first-order valence-electron chi connectivity index (χ1n) is 7.57. The number of carbonyl (C=O) groups is 1. The van der Waals surface area contributed by atoms with Crippen LogP contribution in [0.1, 0.15) is 12.1 Å². The topological polar surface area (TPSA) is 73.3 Å². The average molecular weight is 313 g/mol. The number of nitrogens with one attached hydrogen (secondary N) is 1. The van der Waals surface area contributed by atoms with Crippen molar-refractivity contribution in [2.75, 3.05) is 20.3 Å². The second-order valence-corrected chi connectivity index (χ2v) is 5.40. The van der Waals surface area contributed by atoms with Gasteiger partial charge in [0.1, 0.15) is 12.1 Å². The molecule has 120 valence electrons. The Hall–Kier alpha value is -2.47. The quantitative estimate of drug-likeness (QED) is 0.911. The maximum atomic E-state index is 12.0. The van der Waals surface area contributed by atoms with Gasteiger partial charge in [-0.05, 0) is 36.8 Å². The van der Waals surface area contributed by atoms with Crippen molar-refractivity contribution in [3.63, 3.8) is 0 Å². The van der Waals surface area contributed by atoms with E-state index in [0.717, 1.165) is 29.1 Å². The zero-order valence-corrected chi connectivity index (χ0v) is 13.0. The van der Waals surface area contributed by atoms with Gasteiger partial charge in [0.15, 0.2) is 0 Å². The highest BCUT2D eigenvalue weighted by atomic mass is 16.5. The lowest BCUT2D eigenvalue weighted by Gasteiger charge is -2.09. The van der Waals surface area contributed by atoms with Crippen LogP contribution in [0.3, 0.4) is 0 Å². The Balaban J connectivity index is 1.65. The molecule has 1 saturated heterocycles. The van der Waals surface area contributed by atoms with Crippen molar-refractivity contribution in [3.8, 4) is 17.0 Å². The maximum Gasteiger partial charge on any atom is 0.225 e. The molecule has 0 spiro atoms.